The summed E-state index contributed by atoms with van der Waals surface area (Å²) in [5.74, 6) is 2.21. The van der Waals surface area contributed by atoms with Crippen molar-refractivity contribution in [1.29, 1.82) is 0 Å². The lowest BCUT2D eigenvalue weighted by molar-refractivity contribution is 0.586. The van der Waals surface area contributed by atoms with Crippen molar-refractivity contribution in [3.8, 4) is 12.3 Å². The Hall–Kier alpha value is -0.830. The summed E-state index contributed by atoms with van der Waals surface area (Å²) in [6.45, 7) is -0.00511. The first-order valence-electron chi connectivity index (χ1n) is 3.75. The molecule has 0 amide bonds. The first kappa shape index (κ1) is 11.2. The van der Waals surface area contributed by atoms with Gasteiger partial charge in [0.1, 0.15) is 0 Å². The average Bonchev–Trinajstić information content (AvgIpc) is 2.15. The lowest BCUT2D eigenvalue weighted by Gasteiger charge is -2.03. The molecule has 0 aromatic heterocycles. The van der Waals surface area contributed by atoms with Crippen LogP contribution in [0.5, 0.6) is 0 Å². The molecule has 0 radical (unpaired) electrons. The molecule has 0 aliphatic rings. The van der Waals surface area contributed by atoms with Gasteiger partial charge >= 0.3 is 0 Å². The number of sulfonamides is 1. The zero-order valence-electron chi connectivity index (χ0n) is 7.20. The monoisotopic (exact) mass is 273 g/mol. The van der Waals surface area contributed by atoms with E-state index in [9.17, 15) is 8.42 Å². The van der Waals surface area contributed by atoms with Crippen molar-refractivity contribution < 1.29 is 8.42 Å². The van der Waals surface area contributed by atoms with E-state index in [4.69, 9.17) is 6.42 Å². The van der Waals surface area contributed by atoms with E-state index in [0.29, 0.717) is 4.47 Å². The molecule has 5 heteroatoms. The molecule has 0 aliphatic carbocycles. The highest BCUT2D eigenvalue weighted by atomic mass is 79.9. The maximum absolute atomic E-state index is 11.5. The quantitative estimate of drug-likeness (QED) is 0.846. The van der Waals surface area contributed by atoms with Crippen LogP contribution >= 0.6 is 15.9 Å². The van der Waals surface area contributed by atoms with Gasteiger partial charge in [0.25, 0.3) is 0 Å². The molecule has 0 saturated carbocycles. The summed E-state index contributed by atoms with van der Waals surface area (Å²) >= 11 is 3.19. The molecule has 1 N–H and O–H groups in total. The Balaban J connectivity index is 3.00. The van der Waals surface area contributed by atoms with Crippen molar-refractivity contribution >= 4 is 26.0 Å². The largest absolute Gasteiger partial charge is 0.241 e. The number of hydrogen-bond donors (Lipinski definition) is 1. The van der Waals surface area contributed by atoms with Gasteiger partial charge in [-0.05, 0) is 18.2 Å². The van der Waals surface area contributed by atoms with Crippen molar-refractivity contribution in [2.75, 3.05) is 6.54 Å². The molecular formula is C9H8BrNO2S. The van der Waals surface area contributed by atoms with Gasteiger partial charge in [0, 0.05) is 4.47 Å². The molecule has 1 rings (SSSR count). The first-order chi connectivity index (χ1) is 6.56. The zero-order valence-corrected chi connectivity index (χ0v) is 9.60. The standard InChI is InChI=1S/C9H8BrNO2S/c1-2-6-11-14(12,13)9-5-3-4-8(10)7-9/h1,3-5,7,11H,6H2. The van der Waals surface area contributed by atoms with E-state index in [0.717, 1.165) is 0 Å². The summed E-state index contributed by atoms with van der Waals surface area (Å²) in [5.41, 5.74) is 0. The highest BCUT2D eigenvalue weighted by Crippen LogP contribution is 2.15. The fraction of sp³-hybridized carbons (Fsp3) is 0.111. The van der Waals surface area contributed by atoms with E-state index in [1.807, 2.05) is 0 Å². The van der Waals surface area contributed by atoms with Crippen LogP contribution in [-0.4, -0.2) is 15.0 Å². The van der Waals surface area contributed by atoms with E-state index >= 15 is 0 Å². The number of rotatable bonds is 3. The predicted octanol–water partition coefficient (Wildman–Crippen LogP) is 1.36. The Labute approximate surface area is 91.7 Å². The summed E-state index contributed by atoms with van der Waals surface area (Å²) in [6, 6.07) is 6.41. The Kier molecular flexibility index (Phi) is 3.69. The van der Waals surface area contributed by atoms with Crippen molar-refractivity contribution in [1.82, 2.24) is 4.72 Å². The molecule has 1 aromatic rings. The predicted molar refractivity (Wildman–Crippen MR) is 58.2 cm³/mol. The van der Waals surface area contributed by atoms with Gasteiger partial charge in [-0.3, -0.25) is 0 Å². The smallest absolute Gasteiger partial charge is 0.207 e. The van der Waals surface area contributed by atoms with Crippen molar-refractivity contribution in [3.63, 3.8) is 0 Å². The molecule has 0 aliphatic heterocycles. The van der Waals surface area contributed by atoms with Crippen molar-refractivity contribution in [3.05, 3.63) is 28.7 Å². The average molecular weight is 274 g/mol. The van der Waals surface area contributed by atoms with Gasteiger partial charge in [-0.1, -0.05) is 27.9 Å². The molecule has 0 bridgehead atoms. The minimum Gasteiger partial charge on any atom is -0.207 e. The van der Waals surface area contributed by atoms with Crippen LogP contribution in [-0.2, 0) is 10.0 Å². The van der Waals surface area contributed by atoms with E-state index in [-0.39, 0.29) is 11.4 Å². The third kappa shape index (κ3) is 2.84. The Bertz CT molecular complexity index is 462. The number of nitrogens with one attached hydrogen (secondary N) is 1. The summed E-state index contributed by atoms with van der Waals surface area (Å²) in [4.78, 5) is 0.196. The highest BCUT2D eigenvalue weighted by molar-refractivity contribution is 9.10. The van der Waals surface area contributed by atoms with Gasteiger partial charge in [-0.15, -0.1) is 6.42 Å². The first-order valence-corrected chi connectivity index (χ1v) is 6.02. The van der Waals surface area contributed by atoms with Crippen LogP contribution in [0, 0.1) is 12.3 Å². The second kappa shape index (κ2) is 4.60. The minimum atomic E-state index is -3.47. The molecule has 0 fully saturated rings. The van der Waals surface area contributed by atoms with Crippen LogP contribution in [0.15, 0.2) is 33.6 Å². The van der Waals surface area contributed by atoms with Gasteiger partial charge < -0.3 is 0 Å². The van der Waals surface area contributed by atoms with Gasteiger partial charge in [-0.2, -0.15) is 4.72 Å². The molecular weight excluding hydrogens is 266 g/mol. The lowest BCUT2D eigenvalue weighted by atomic mass is 10.4. The molecule has 74 valence electrons. The number of hydrogen-bond acceptors (Lipinski definition) is 2. The highest BCUT2D eigenvalue weighted by Gasteiger charge is 2.12. The Morgan fingerprint density at radius 1 is 1.50 bits per heavy atom. The number of halogens is 1. The van der Waals surface area contributed by atoms with E-state index in [1.165, 1.54) is 12.1 Å². The summed E-state index contributed by atoms with van der Waals surface area (Å²) in [5, 5.41) is 0. The van der Waals surface area contributed by atoms with Gasteiger partial charge in [0.2, 0.25) is 10.0 Å². The van der Waals surface area contributed by atoms with Crippen molar-refractivity contribution in [2.45, 2.75) is 4.90 Å². The second-order valence-electron chi connectivity index (χ2n) is 2.49. The zero-order chi connectivity index (χ0) is 10.6. The van der Waals surface area contributed by atoms with Crippen LogP contribution in [0.3, 0.4) is 0 Å². The molecule has 1 aromatic carbocycles. The van der Waals surface area contributed by atoms with E-state index in [1.54, 1.807) is 12.1 Å². The molecule has 0 unspecified atom stereocenters. The molecule has 0 spiro atoms. The minimum absolute atomic E-state index is 0.00511. The van der Waals surface area contributed by atoms with Crippen LogP contribution in [0.4, 0.5) is 0 Å². The van der Waals surface area contributed by atoms with E-state index < -0.39 is 10.0 Å². The van der Waals surface area contributed by atoms with Crippen LogP contribution < -0.4 is 4.72 Å². The van der Waals surface area contributed by atoms with Crippen molar-refractivity contribution in [2.24, 2.45) is 0 Å². The second-order valence-corrected chi connectivity index (χ2v) is 5.17. The summed E-state index contributed by atoms with van der Waals surface area (Å²) in [7, 11) is -3.47. The molecule has 0 atom stereocenters. The summed E-state index contributed by atoms with van der Waals surface area (Å²) < 4.78 is 26.0. The maximum Gasteiger partial charge on any atom is 0.241 e. The van der Waals surface area contributed by atoms with Gasteiger partial charge in [0.05, 0.1) is 11.4 Å². The molecule has 0 saturated heterocycles. The van der Waals surface area contributed by atoms with Gasteiger partial charge in [-0.25, -0.2) is 8.42 Å². The third-order valence-electron chi connectivity index (χ3n) is 1.47. The SMILES string of the molecule is C#CCNS(=O)(=O)c1cccc(Br)c1. The van der Waals surface area contributed by atoms with Crippen LogP contribution in [0.2, 0.25) is 0 Å². The normalized spacial score (nSPS) is 10.9. The topological polar surface area (TPSA) is 46.2 Å². The summed E-state index contributed by atoms with van der Waals surface area (Å²) in [6.07, 6.45) is 4.96. The molecule has 3 nitrogen and oxygen atoms in total. The maximum atomic E-state index is 11.5. The Morgan fingerprint density at radius 3 is 2.79 bits per heavy atom. The molecule has 0 heterocycles. The molecule has 14 heavy (non-hydrogen) atoms. The third-order valence-corrected chi connectivity index (χ3v) is 3.36. The number of benzene rings is 1. The Morgan fingerprint density at radius 2 is 2.21 bits per heavy atom. The van der Waals surface area contributed by atoms with Crippen LogP contribution in [0.25, 0.3) is 0 Å². The number of terminal acetylenes is 1. The fourth-order valence-corrected chi connectivity index (χ4v) is 2.38. The fourth-order valence-electron chi connectivity index (χ4n) is 0.854. The van der Waals surface area contributed by atoms with Crippen LogP contribution in [0.1, 0.15) is 0 Å². The lowest BCUT2D eigenvalue weighted by Crippen LogP contribution is -2.23. The van der Waals surface area contributed by atoms with E-state index in [2.05, 4.69) is 26.6 Å². The van der Waals surface area contributed by atoms with Gasteiger partial charge in [0.15, 0.2) is 0 Å².